The molecule has 2 N–H and O–H groups in total. The first-order valence-electron chi connectivity index (χ1n) is 5.29. The first kappa shape index (κ1) is 11.5. The van der Waals surface area contributed by atoms with Gasteiger partial charge in [0.1, 0.15) is 17.6 Å². The van der Waals surface area contributed by atoms with E-state index in [2.05, 4.69) is 6.92 Å². The highest BCUT2D eigenvalue weighted by Gasteiger charge is 2.39. The van der Waals surface area contributed by atoms with Gasteiger partial charge in [-0.15, -0.1) is 0 Å². The molecule has 5 heteroatoms. The first-order valence-corrected chi connectivity index (χ1v) is 5.29. The first-order chi connectivity index (χ1) is 7.38. The summed E-state index contributed by atoms with van der Waals surface area (Å²) in [6, 6.07) is 1.50. The molecule has 1 aromatic rings. The van der Waals surface area contributed by atoms with Crippen molar-refractivity contribution in [1.29, 1.82) is 0 Å². The van der Waals surface area contributed by atoms with Gasteiger partial charge in [-0.25, -0.2) is 0 Å². The van der Waals surface area contributed by atoms with Crippen LogP contribution in [0, 0.1) is 5.92 Å². The highest BCUT2D eigenvalue weighted by Crippen LogP contribution is 2.47. The van der Waals surface area contributed by atoms with Gasteiger partial charge in [0.15, 0.2) is 0 Å². The zero-order valence-corrected chi connectivity index (χ0v) is 8.92. The zero-order chi connectivity index (χ0) is 11.9. The van der Waals surface area contributed by atoms with Crippen molar-refractivity contribution in [3.05, 3.63) is 23.7 Å². The van der Waals surface area contributed by atoms with Crippen LogP contribution in [0.4, 0.5) is 13.2 Å². The van der Waals surface area contributed by atoms with Crippen LogP contribution in [-0.2, 0) is 6.42 Å². The fourth-order valence-electron chi connectivity index (χ4n) is 1.75. The molecule has 3 atom stereocenters. The van der Waals surface area contributed by atoms with Crippen LogP contribution in [0.2, 0.25) is 0 Å². The molecule has 0 radical (unpaired) electrons. The van der Waals surface area contributed by atoms with Gasteiger partial charge < -0.3 is 10.2 Å². The highest BCUT2D eigenvalue weighted by molar-refractivity contribution is 5.18. The molecule has 1 fully saturated rings. The standard InChI is InChI=1S/C11H14F3NO/c1-6-4-8(6)9-3-2-7(16-9)5-10(15)11(12,13)14/h2-3,6,8,10H,4-5,15H2,1H3. The Balaban J connectivity index is 1.98. The van der Waals surface area contributed by atoms with Crippen molar-refractivity contribution < 1.29 is 17.6 Å². The van der Waals surface area contributed by atoms with Gasteiger partial charge in [-0.05, 0) is 24.5 Å². The molecule has 90 valence electrons. The van der Waals surface area contributed by atoms with Crippen LogP contribution in [0.1, 0.15) is 30.8 Å². The third-order valence-corrected chi connectivity index (χ3v) is 3.00. The van der Waals surface area contributed by atoms with Crippen LogP contribution in [0.3, 0.4) is 0 Å². The Morgan fingerprint density at radius 1 is 1.50 bits per heavy atom. The maximum Gasteiger partial charge on any atom is 0.404 e. The van der Waals surface area contributed by atoms with Gasteiger partial charge in [0.25, 0.3) is 0 Å². The van der Waals surface area contributed by atoms with E-state index in [0.29, 0.717) is 17.6 Å². The number of rotatable bonds is 3. The van der Waals surface area contributed by atoms with E-state index in [1.807, 2.05) is 0 Å². The van der Waals surface area contributed by atoms with Gasteiger partial charge >= 0.3 is 6.18 Å². The minimum absolute atomic E-state index is 0.287. The Hall–Kier alpha value is -0.970. The summed E-state index contributed by atoms with van der Waals surface area (Å²) in [7, 11) is 0. The van der Waals surface area contributed by atoms with E-state index in [1.54, 1.807) is 12.1 Å². The Morgan fingerprint density at radius 2 is 2.12 bits per heavy atom. The molecule has 0 aliphatic heterocycles. The lowest BCUT2D eigenvalue weighted by atomic mass is 10.2. The fourth-order valence-corrected chi connectivity index (χ4v) is 1.75. The molecule has 0 saturated heterocycles. The van der Waals surface area contributed by atoms with Crippen molar-refractivity contribution in [3.8, 4) is 0 Å². The minimum atomic E-state index is -4.36. The Bertz CT molecular complexity index is 372. The molecule has 0 amide bonds. The third-order valence-electron chi connectivity index (χ3n) is 3.00. The monoisotopic (exact) mass is 233 g/mol. The van der Waals surface area contributed by atoms with Crippen LogP contribution in [-0.4, -0.2) is 12.2 Å². The number of furan rings is 1. The summed E-state index contributed by atoms with van der Waals surface area (Å²) in [5.41, 5.74) is 5.03. The Morgan fingerprint density at radius 3 is 2.62 bits per heavy atom. The zero-order valence-electron chi connectivity index (χ0n) is 8.92. The third kappa shape index (κ3) is 2.40. The van der Waals surface area contributed by atoms with Crippen LogP contribution in [0.25, 0.3) is 0 Å². The average Bonchev–Trinajstić information content (AvgIpc) is 2.72. The van der Waals surface area contributed by atoms with Crippen LogP contribution < -0.4 is 5.73 Å². The lowest BCUT2D eigenvalue weighted by Crippen LogP contribution is -2.38. The Kier molecular flexibility index (Phi) is 2.74. The lowest BCUT2D eigenvalue weighted by Gasteiger charge is -2.13. The summed E-state index contributed by atoms with van der Waals surface area (Å²) in [5.74, 6) is 2.07. The van der Waals surface area contributed by atoms with E-state index in [0.717, 1.165) is 12.2 Å². The lowest BCUT2D eigenvalue weighted by molar-refractivity contribution is -0.147. The molecule has 16 heavy (non-hydrogen) atoms. The van der Waals surface area contributed by atoms with Gasteiger partial charge in [0.05, 0.1) is 0 Å². The number of hydrogen-bond acceptors (Lipinski definition) is 2. The molecule has 1 heterocycles. The molecule has 1 aliphatic rings. The SMILES string of the molecule is CC1CC1c1ccc(CC(N)C(F)(F)F)o1. The van der Waals surface area contributed by atoms with E-state index in [-0.39, 0.29) is 6.42 Å². The van der Waals surface area contributed by atoms with Crippen molar-refractivity contribution in [1.82, 2.24) is 0 Å². The molecule has 3 unspecified atom stereocenters. The quantitative estimate of drug-likeness (QED) is 0.871. The topological polar surface area (TPSA) is 39.2 Å². The van der Waals surface area contributed by atoms with E-state index in [1.165, 1.54) is 0 Å². The van der Waals surface area contributed by atoms with E-state index in [4.69, 9.17) is 10.2 Å². The van der Waals surface area contributed by atoms with Gasteiger partial charge in [-0.1, -0.05) is 6.92 Å². The summed E-state index contributed by atoms with van der Waals surface area (Å²) < 4.78 is 42.0. The second kappa shape index (κ2) is 3.80. The normalized spacial score (nSPS) is 26.8. The van der Waals surface area contributed by atoms with Crippen molar-refractivity contribution >= 4 is 0 Å². The minimum Gasteiger partial charge on any atom is -0.466 e. The molecule has 2 rings (SSSR count). The molecular weight excluding hydrogens is 219 g/mol. The molecule has 0 bridgehead atoms. The summed E-state index contributed by atoms with van der Waals surface area (Å²) >= 11 is 0. The smallest absolute Gasteiger partial charge is 0.404 e. The van der Waals surface area contributed by atoms with Crippen LogP contribution in [0.5, 0.6) is 0 Å². The van der Waals surface area contributed by atoms with Crippen molar-refractivity contribution in [2.24, 2.45) is 11.7 Å². The average molecular weight is 233 g/mol. The fraction of sp³-hybridized carbons (Fsp3) is 0.636. The molecular formula is C11H14F3NO. The highest BCUT2D eigenvalue weighted by atomic mass is 19.4. The van der Waals surface area contributed by atoms with Crippen LogP contribution in [0.15, 0.2) is 16.5 Å². The van der Waals surface area contributed by atoms with Gasteiger partial charge in [-0.2, -0.15) is 13.2 Å². The number of alkyl halides is 3. The largest absolute Gasteiger partial charge is 0.466 e. The maximum absolute atomic E-state index is 12.2. The predicted octanol–water partition coefficient (Wildman–Crippen LogP) is 2.84. The van der Waals surface area contributed by atoms with E-state index >= 15 is 0 Å². The molecule has 0 aromatic carbocycles. The molecule has 2 nitrogen and oxygen atoms in total. The summed E-state index contributed by atoms with van der Waals surface area (Å²) in [6.45, 7) is 2.09. The molecule has 1 aliphatic carbocycles. The number of nitrogens with two attached hydrogens (primary N) is 1. The van der Waals surface area contributed by atoms with Crippen LogP contribution >= 0.6 is 0 Å². The summed E-state index contributed by atoms with van der Waals surface area (Å²) in [4.78, 5) is 0. The Labute approximate surface area is 91.6 Å². The number of hydrogen-bond donors (Lipinski definition) is 1. The summed E-state index contributed by atoms with van der Waals surface area (Å²) in [6.07, 6.45) is -3.59. The predicted molar refractivity (Wildman–Crippen MR) is 53.0 cm³/mol. The second-order valence-electron chi connectivity index (χ2n) is 4.48. The molecule has 1 aromatic heterocycles. The second-order valence-corrected chi connectivity index (χ2v) is 4.48. The summed E-state index contributed by atoms with van der Waals surface area (Å²) in [5, 5.41) is 0. The van der Waals surface area contributed by atoms with E-state index < -0.39 is 12.2 Å². The number of halogens is 3. The van der Waals surface area contributed by atoms with Crippen molar-refractivity contribution in [3.63, 3.8) is 0 Å². The maximum atomic E-state index is 12.2. The van der Waals surface area contributed by atoms with Gasteiger partial charge in [0, 0.05) is 12.3 Å². The van der Waals surface area contributed by atoms with Gasteiger partial charge in [0.2, 0.25) is 0 Å². The van der Waals surface area contributed by atoms with Crippen molar-refractivity contribution in [2.75, 3.05) is 0 Å². The molecule has 0 spiro atoms. The molecule has 1 saturated carbocycles. The van der Waals surface area contributed by atoms with Gasteiger partial charge in [-0.3, -0.25) is 0 Å². The van der Waals surface area contributed by atoms with Crippen molar-refractivity contribution in [2.45, 2.75) is 37.9 Å². The van der Waals surface area contributed by atoms with E-state index in [9.17, 15) is 13.2 Å².